The van der Waals surface area contributed by atoms with Crippen LogP contribution in [0.25, 0.3) is 0 Å². The average Bonchev–Trinajstić information content (AvgIpc) is 2.41. The molecule has 4 heteroatoms. The Bertz CT molecular complexity index is 599. The molecule has 2 rings (SSSR count). The van der Waals surface area contributed by atoms with Crippen LogP contribution in [-0.2, 0) is 0 Å². The number of hydrogen-bond acceptors (Lipinski definition) is 2. The second kappa shape index (κ2) is 5.88. The quantitative estimate of drug-likeness (QED) is 0.830. The van der Waals surface area contributed by atoms with Crippen LogP contribution in [0.3, 0.4) is 0 Å². The third kappa shape index (κ3) is 2.74. The fourth-order valence-electron chi connectivity index (χ4n) is 1.95. The molecule has 0 bridgehead atoms. The first-order valence-corrected chi connectivity index (χ1v) is 6.89. The van der Waals surface area contributed by atoms with Crippen molar-refractivity contribution < 1.29 is 14.2 Å². The molecule has 19 heavy (non-hydrogen) atoms. The lowest BCUT2D eigenvalue weighted by Gasteiger charge is -2.16. The van der Waals surface area contributed by atoms with Crippen LogP contribution in [0, 0.1) is 16.3 Å². The van der Waals surface area contributed by atoms with Gasteiger partial charge in [-0.2, -0.15) is 0 Å². The minimum absolute atomic E-state index is 0.138. The highest BCUT2D eigenvalue weighted by atomic mass is 127. The van der Waals surface area contributed by atoms with Gasteiger partial charge in [-0.3, -0.25) is 0 Å². The lowest BCUT2D eigenvalue weighted by atomic mass is 9.99. The number of hydrogen-bond donors (Lipinski definition) is 1. The summed E-state index contributed by atoms with van der Waals surface area (Å²) in [5, 5.41) is 10.4. The molecule has 2 nitrogen and oxygen atoms in total. The van der Waals surface area contributed by atoms with E-state index in [1.165, 1.54) is 13.2 Å². The van der Waals surface area contributed by atoms with Crippen LogP contribution in [0.4, 0.5) is 4.39 Å². The van der Waals surface area contributed by atoms with E-state index in [0.29, 0.717) is 5.56 Å². The van der Waals surface area contributed by atoms with Crippen LogP contribution in [0.15, 0.2) is 36.4 Å². The largest absolute Gasteiger partial charge is 0.494 e. The minimum atomic E-state index is -0.998. The predicted octanol–water partition coefficient (Wildman–Crippen LogP) is 3.83. The van der Waals surface area contributed by atoms with Crippen molar-refractivity contribution in [3.8, 4) is 5.75 Å². The Balaban J connectivity index is 2.50. The number of aryl methyl sites for hydroxylation is 1. The van der Waals surface area contributed by atoms with Gasteiger partial charge in [-0.25, -0.2) is 4.39 Å². The van der Waals surface area contributed by atoms with E-state index < -0.39 is 11.9 Å². The highest BCUT2D eigenvalue weighted by molar-refractivity contribution is 14.1. The summed E-state index contributed by atoms with van der Waals surface area (Å²) in [5.74, 6) is -0.381. The summed E-state index contributed by atoms with van der Waals surface area (Å²) in [5.41, 5.74) is 1.98. The molecule has 0 aromatic heterocycles. The zero-order valence-electron chi connectivity index (χ0n) is 10.7. The van der Waals surface area contributed by atoms with Crippen molar-refractivity contribution in [1.29, 1.82) is 0 Å². The molecule has 0 aliphatic carbocycles. The van der Waals surface area contributed by atoms with Crippen molar-refractivity contribution in [2.24, 2.45) is 0 Å². The Hall–Kier alpha value is -1.14. The highest BCUT2D eigenvalue weighted by Crippen LogP contribution is 2.32. The first-order chi connectivity index (χ1) is 9.06. The van der Waals surface area contributed by atoms with Crippen molar-refractivity contribution in [2.75, 3.05) is 7.11 Å². The number of rotatable bonds is 3. The molecule has 0 aliphatic heterocycles. The first-order valence-electron chi connectivity index (χ1n) is 5.81. The standard InChI is InChI=1S/C15H14FIO2/c1-9-5-3-7-11(14(9)17)15(18)10-6-4-8-12(19-2)13(10)16/h3-8,15,18H,1-2H3. The molecule has 0 fully saturated rings. The summed E-state index contributed by atoms with van der Waals surface area (Å²) < 4.78 is 20.0. The lowest BCUT2D eigenvalue weighted by molar-refractivity contribution is 0.212. The molecular formula is C15H14FIO2. The Morgan fingerprint density at radius 3 is 2.47 bits per heavy atom. The van der Waals surface area contributed by atoms with E-state index in [1.807, 2.05) is 19.1 Å². The van der Waals surface area contributed by atoms with Gasteiger partial charge < -0.3 is 9.84 Å². The van der Waals surface area contributed by atoms with Gasteiger partial charge in [-0.15, -0.1) is 0 Å². The molecule has 1 unspecified atom stereocenters. The molecule has 0 saturated heterocycles. The van der Waals surface area contributed by atoms with Gasteiger partial charge in [0.2, 0.25) is 0 Å². The second-order valence-electron chi connectivity index (χ2n) is 4.24. The maximum absolute atomic E-state index is 14.2. The first kappa shape index (κ1) is 14.3. The summed E-state index contributed by atoms with van der Waals surface area (Å²) >= 11 is 2.16. The maximum Gasteiger partial charge on any atom is 0.171 e. The van der Waals surface area contributed by atoms with Crippen molar-refractivity contribution in [2.45, 2.75) is 13.0 Å². The topological polar surface area (TPSA) is 29.5 Å². The van der Waals surface area contributed by atoms with Crippen molar-refractivity contribution in [3.63, 3.8) is 0 Å². The fourth-order valence-corrected chi connectivity index (χ4v) is 2.60. The lowest BCUT2D eigenvalue weighted by Crippen LogP contribution is -2.06. The van der Waals surface area contributed by atoms with Crippen molar-refractivity contribution >= 4 is 22.6 Å². The average molecular weight is 372 g/mol. The molecule has 0 radical (unpaired) electrons. The van der Waals surface area contributed by atoms with E-state index in [4.69, 9.17) is 4.74 Å². The van der Waals surface area contributed by atoms with E-state index in [0.717, 1.165) is 9.13 Å². The van der Waals surface area contributed by atoms with Gasteiger partial charge in [0.15, 0.2) is 11.6 Å². The Labute approximate surface area is 125 Å². The van der Waals surface area contributed by atoms with Crippen molar-refractivity contribution in [3.05, 3.63) is 62.5 Å². The molecule has 1 N–H and O–H groups in total. The molecule has 0 saturated carbocycles. The van der Waals surface area contributed by atoms with Gasteiger partial charge in [-0.1, -0.05) is 30.3 Å². The fraction of sp³-hybridized carbons (Fsp3) is 0.200. The van der Waals surface area contributed by atoms with E-state index in [2.05, 4.69) is 22.6 Å². The molecule has 0 spiro atoms. The van der Waals surface area contributed by atoms with Gasteiger partial charge in [-0.05, 0) is 46.7 Å². The van der Waals surface area contributed by atoms with Crippen molar-refractivity contribution in [1.82, 2.24) is 0 Å². The summed E-state index contributed by atoms with van der Waals surface area (Å²) in [6.45, 7) is 1.96. The van der Waals surface area contributed by atoms with E-state index in [1.54, 1.807) is 18.2 Å². The van der Waals surface area contributed by atoms with Crippen LogP contribution >= 0.6 is 22.6 Å². The Morgan fingerprint density at radius 2 is 1.79 bits per heavy atom. The molecule has 2 aromatic rings. The predicted molar refractivity (Wildman–Crippen MR) is 80.9 cm³/mol. The zero-order chi connectivity index (χ0) is 14.0. The zero-order valence-corrected chi connectivity index (χ0v) is 12.8. The molecular weight excluding hydrogens is 358 g/mol. The summed E-state index contributed by atoms with van der Waals surface area (Å²) in [6, 6.07) is 10.4. The summed E-state index contributed by atoms with van der Waals surface area (Å²) in [7, 11) is 1.41. The van der Waals surface area contributed by atoms with Crippen LogP contribution in [0.5, 0.6) is 5.75 Å². The van der Waals surface area contributed by atoms with E-state index >= 15 is 0 Å². The number of benzene rings is 2. The van der Waals surface area contributed by atoms with Gasteiger partial charge in [0.05, 0.1) is 7.11 Å². The Morgan fingerprint density at radius 1 is 1.16 bits per heavy atom. The van der Waals surface area contributed by atoms with Crippen LogP contribution in [0.2, 0.25) is 0 Å². The smallest absolute Gasteiger partial charge is 0.171 e. The molecule has 1 atom stereocenters. The third-order valence-electron chi connectivity index (χ3n) is 3.02. The Kier molecular flexibility index (Phi) is 4.42. The monoisotopic (exact) mass is 372 g/mol. The minimum Gasteiger partial charge on any atom is -0.494 e. The number of aliphatic hydroxyl groups is 1. The van der Waals surface area contributed by atoms with E-state index in [-0.39, 0.29) is 11.3 Å². The number of ether oxygens (including phenoxy) is 1. The van der Waals surface area contributed by atoms with Crippen LogP contribution < -0.4 is 4.74 Å². The summed E-state index contributed by atoms with van der Waals surface area (Å²) in [4.78, 5) is 0. The molecule has 0 amide bonds. The van der Waals surface area contributed by atoms with Crippen LogP contribution in [-0.4, -0.2) is 12.2 Å². The summed E-state index contributed by atoms with van der Waals surface area (Å²) in [6.07, 6.45) is -0.998. The van der Waals surface area contributed by atoms with Gasteiger partial charge in [0, 0.05) is 9.13 Å². The van der Waals surface area contributed by atoms with E-state index in [9.17, 15) is 9.50 Å². The third-order valence-corrected chi connectivity index (χ3v) is 4.50. The molecule has 2 aromatic carbocycles. The second-order valence-corrected chi connectivity index (χ2v) is 5.32. The van der Waals surface area contributed by atoms with Gasteiger partial charge in [0.25, 0.3) is 0 Å². The number of methoxy groups -OCH3 is 1. The molecule has 0 aliphatic rings. The number of halogens is 2. The number of aliphatic hydroxyl groups excluding tert-OH is 1. The maximum atomic E-state index is 14.2. The molecule has 100 valence electrons. The normalized spacial score (nSPS) is 12.3. The van der Waals surface area contributed by atoms with Gasteiger partial charge in [0.1, 0.15) is 6.10 Å². The van der Waals surface area contributed by atoms with Gasteiger partial charge >= 0.3 is 0 Å². The molecule has 0 heterocycles. The van der Waals surface area contributed by atoms with Crippen LogP contribution in [0.1, 0.15) is 22.8 Å². The SMILES string of the molecule is COc1cccc(C(O)c2cccc(C)c2I)c1F. The highest BCUT2D eigenvalue weighted by Gasteiger charge is 2.20.